The lowest BCUT2D eigenvalue weighted by atomic mass is 10.2. The van der Waals surface area contributed by atoms with Gasteiger partial charge in [0.25, 0.3) is 5.91 Å². The summed E-state index contributed by atoms with van der Waals surface area (Å²) >= 11 is 3.26. The summed E-state index contributed by atoms with van der Waals surface area (Å²) in [5, 5.41) is 11.1. The highest BCUT2D eigenvalue weighted by Crippen LogP contribution is 2.10. The Morgan fingerprint density at radius 1 is 1.25 bits per heavy atom. The van der Waals surface area contributed by atoms with E-state index in [-0.39, 0.29) is 25.5 Å². The van der Waals surface area contributed by atoms with Crippen molar-refractivity contribution in [1.29, 1.82) is 0 Å². The Hall–Kier alpha value is -1.89. The van der Waals surface area contributed by atoms with Crippen molar-refractivity contribution in [2.24, 2.45) is 0 Å². The van der Waals surface area contributed by atoms with Crippen LogP contribution in [0.25, 0.3) is 0 Å². The van der Waals surface area contributed by atoms with E-state index in [1.807, 2.05) is 0 Å². The van der Waals surface area contributed by atoms with Gasteiger partial charge in [0.1, 0.15) is 6.54 Å². The first-order chi connectivity index (χ1) is 9.43. The highest BCUT2D eigenvalue weighted by atomic mass is 79.9. The van der Waals surface area contributed by atoms with E-state index in [9.17, 15) is 14.4 Å². The zero-order valence-electron chi connectivity index (χ0n) is 10.9. The number of benzene rings is 1. The molecule has 0 saturated carbocycles. The van der Waals surface area contributed by atoms with Crippen LogP contribution >= 0.6 is 15.9 Å². The molecule has 0 aliphatic carbocycles. The van der Waals surface area contributed by atoms with Crippen LogP contribution in [-0.4, -0.2) is 47.4 Å². The van der Waals surface area contributed by atoms with Gasteiger partial charge in [0.15, 0.2) is 0 Å². The average Bonchev–Trinajstić information content (AvgIpc) is 2.42. The fraction of sp³-hybridized carbons (Fsp3) is 0.308. The van der Waals surface area contributed by atoms with E-state index in [2.05, 4.69) is 21.2 Å². The van der Waals surface area contributed by atoms with E-state index in [4.69, 9.17) is 5.11 Å². The zero-order chi connectivity index (χ0) is 15.1. The average molecular weight is 343 g/mol. The number of rotatable bonds is 6. The largest absolute Gasteiger partial charge is 0.480 e. The van der Waals surface area contributed by atoms with Gasteiger partial charge in [-0.25, -0.2) is 0 Å². The van der Waals surface area contributed by atoms with Crippen LogP contribution in [0.1, 0.15) is 17.3 Å². The standard InChI is InChI=1S/C13H15BrN2O4/c1-2-16(8-12(18)19)11(17)7-15-13(20)9-3-5-10(14)6-4-9/h3-6H,2,7-8H2,1H3,(H,15,20)(H,18,19). The third kappa shape index (κ3) is 5.00. The van der Waals surface area contributed by atoms with Gasteiger partial charge in [-0.15, -0.1) is 0 Å². The number of carboxylic acids is 1. The number of aliphatic carboxylic acids is 1. The summed E-state index contributed by atoms with van der Waals surface area (Å²) in [7, 11) is 0. The molecule has 0 fully saturated rings. The van der Waals surface area contributed by atoms with E-state index in [0.717, 1.165) is 9.37 Å². The second kappa shape index (κ2) is 7.64. The monoisotopic (exact) mass is 342 g/mol. The van der Waals surface area contributed by atoms with E-state index in [1.165, 1.54) is 0 Å². The molecule has 6 nitrogen and oxygen atoms in total. The smallest absolute Gasteiger partial charge is 0.323 e. The molecule has 0 saturated heterocycles. The summed E-state index contributed by atoms with van der Waals surface area (Å²) in [6.07, 6.45) is 0. The van der Waals surface area contributed by atoms with Gasteiger partial charge in [-0.3, -0.25) is 14.4 Å². The molecule has 0 bridgehead atoms. The molecule has 0 aliphatic rings. The highest BCUT2D eigenvalue weighted by Gasteiger charge is 2.15. The number of halogens is 1. The summed E-state index contributed by atoms with van der Waals surface area (Å²) in [6, 6.07) is 6.69. The molecule has 1 aromatic carbocycles. The number of nitrogens with one attached hydrogen (secondary N) is 1. The third-order valence-corrected chi connectivity index (χ3v) is 3.10. The first kappa shape index (κ1) is 16.2. The molecule has 0 radical (unpaired) electrons. The van der Waals surface area contributed by atoms with Crippen LogP contribution in [-0.2, 0) is 9.59 Å². The van der Waals surface area contributed by atoms with Gasteiger partial charge in [-0.1, -0.05) is 15.9 Å². The minimum absolute atomic E-state index is 0.226. The van der Waals surface area contributed by atoms with Crippen molar-refractivity contribution in [3.05, 3.63) is 34.3 Å². The molecule has 0 aromatic heterocycles. The van der Waals surface area contributed by atoms with Crippen molar-refractivity contribution < 1.29 is 19.5 Å². The Morgan fingerprint density at radius 3 is 2.35 bits per heavy atom. The molecule has 0 atom stereocenters. The van der Waals surface area contributed by atoms with Crippen molar-refractivity contribution in [3.63, 3.8) is 0 Å². The van der Waals surface area contributed by atoms with Crippen molar-refractivity contribution in [1.82, 2.24) is 10.2 Å². The summed E-state index contributed by atoms with van der Waals surface area (Å²) in [4.78, 5) is 35.3. The van der Waals surface area contributed by atoms with Crippen LogP contribution in [0.3, 0.4) is 0 Å². The SMILES string of the molecule is CCN(CC(=O)O)C(=O)CNC(=O)c1ccc(Br)cc1. The summed E-state index contributed by atoms with van der Waals surface area (Å²) < 4.78 is 0.851. The van der Waals surface area contributed by atoms with Crippen LogP contribution in [0.4, 0.5) is 0 Å². The van der Waals surface area contributed by atoms with Crippen LogP contribution < -0.4 is 5.32 Å². The molecule has 0 aliphatic heterocycles. The number of likely N-dealkylation sites (N-methyl/N-ethyl adjacent to an activating group) is 1. The Labute approximate surface area is 124 Å². The number of carbonyl (C=O) groups is 3. The molecule has 0 spiro atoms. The molecular formula is C13H15BrN2O4. The molecule has 20 heavy (non-hydrogen) atoms. The lowest BCUT2D eigenvalue weighted by Crippen LogP contribution is -2.42. The molecule has 0 heterocycles. The van der Waals surface area contributed by atoms with Crippen molar-refractivity contribution >= 4 is 33.7 Å². The molecule has 0 unspecified atom stereocenters. The van der Waals surface area contributed by atoms with E-state index < -0.39 is 11.9 Å². The van der Waals surface area contributed by atoms with Gasteiger partial charge in [0, 0.05) is 16.6 Å². The molecule has 1 aromatic rings. The maximum absolute atomic E-state index is 11.8. The van der Waals surface area contributed by atoms with Crippen LogP contribution in [0.2, 0.25) is 0 Å². The van der Waals surface area contributed by atoms with Crippen molar-refractivity contribution in [3.8, 4) is 0 Å². The minimum Gasteiger partial charge on any atom is -0.480 e. The maximum Gasteiger partial charge on any atom is 0.323 e. The molecule has 1 rings (SSSR count). The van der Waals surface area contributed by atoms with Gasteiger partial charge in [-0.05, 0) is 31.2 Å². The number of amides is 2. The minimum atomic E-state index is -1.08. The van der Waals surface area contributed by atoms with E-state index in [0.29, 0.717) is 5.56 Å². The predicted molar refractivity (Wildman–Crippen MR) is 76.4 cm³/mol. The van der Waals surface area contributed by atoms with Crippen molar-refractivity contribution in [2.75, 3.05) is 19.6 Å². The predicted octanol–water partition coefficient (Wildman–Crippen LogP) is 1.11. The Kier molecular flexibility index (Phi) is 6.17. The second-order valence-corrected chi connectivity index (χ2v) is 4.91. The van der Waals surface area contributed by atoms with Gasteiger partial charge in [0.05, 0.1) is 6.54 Å². The maximum atomic E-state index is 11.8. The Balaban J connectivity index is 2.53. The molecule has 108 valence electrons. The highest BCUT2D eigenvalue weighted by molar-refractivity contribution is 9.10. The number of carboxylic acid groups (broad SMARTS) is 1. The second-order valence-electron chi connectivity index (χ2n) is 3.99. The van der Waals surface area contributed by atoms with Crippen LogP contribution in [0.5, 0.6) is 0 Å². The van der Waals surface area contributed by atoms with Crippen LogP contribution in [0.15, 0.2) is 28.7 Å². The number of carbonyl (C=O) groups excluding carboxylic acids is 2. The van der Waals surface area contributed by atoms with Crippen molar-refractivity contribution in [2.45, 2.75) is 6.92 Å². The third-order valence-electron chi connectivity index (χ3n) is 2.57. The van der Waals surface area contributed by atoms with Gasteiger partial charge in [0.2, 0.25) is 5.91 Å². The normalized spacial score (nSPS) is 9.90. The summed E-state index contributed by atoms with van der Waals surface area (Å²) in [5.41, 5.74) is 0.433. The molecule has 7 heteroatoms. The zero-order valence-corrected chi connectivity index (χ0v) is 12.5. The van der Waals surface area contributed by atoms with E-state index >= 15 is 0 Å². The lowest BCUT2D eigenvalue weighted by molar-refractivity contribution is -0.143. The fourth-order valence-corrected chi connectivity index (χ4v) is 1.77. The first-order valence-electron chi connectivity index (χ1n) is 5.97. The van der Waals surface area contributed by atoms with E-state index in [1.54, 1.807) is 31.2 Å². The molecular weight excluding hydrogens is 328 g/mol. The van der Waals surface area contributed by atoms with Crippen LogP contribution in [0, 0.1) is 0 Å². The topological polar surface area (TPSA) is 86.7 Å². The molecule has 2 amide bonds. The Morgan fingerprint density at radius 2 is 1.85 bits per heavy atom. The van der Waals surface area contributed by atoms with Gasteiger partial charge in [-0.2, -0.15) is 0 Å². The first-order valence-corrected chi connectivity index (χ1v) is 6.76. The quantitative estimate of drug-likeness (QED) is 0.810. The Bertz CT molecular complexity index is 502. The summed E-state index contributed by atoms with van der Waals surface area (Å²) in [6.45, 7) is 1.36. The van der Waals surface area contributed by atoms with Gasteiger partial charge >= 0.3 is 5.97 Å². The number of nitrogens with zero attached hydrogens (tertiary/aromatic N) is 1. The number of hydrogen-bond donors (Lipinski definition) is 2. The molecule has 2 N–H and O–H groups in total. The lowest BCUT2D eigenvalue weighted by Gasteiger charge is -2.18. The van der Waals surface area contributed by atoms with Gasteiger partial charge < -0.3 is 15.3 Å². The number of hydrogen-bond acceptors (Lipinski definition) is 3. The summed E-state index contributed by atoms with van der Waals surface area (Å²) in [5.74, 6) is -1.89. The fourth-order valence-electron chi connectivity index (χ4n) is 1.51.